The van der Waals surface area contributed by atoms with Crippen molar-refractivity contribution in [1.82, 2.24) is 0 Å². The molecule has 2 heteroatoms. The van der Waals surface area contributed by atoms with E-state index in [2.05, 4.69) is 0 Å². The van der Waals surface area contributed by atoms with Crippen LogP contribution in [-0.4, -0.2) is 12.2 Å². The third-order valence-electron chi connectivity index (χ3n) is 2.16. The van der Waals surface area contributed by atoms with Crippen LogP contribution in [0.4, 0.5) is 0 Å². The number of rotatable bonds is 2. The minimum absolute atomic E-state index is 0.314. The minimum atomic E-state index is 0.314. The molecule has 13 heavy (non-hydrogen) atoms. The Kier molecular flexibility index (Phi) is 2.81. The first kappa shape index (κ1) is 9.90. The molecule has 0 atom stereocenters. The van der Waals surface area contributed by atoms with Crippen LogP contribution in [-0.2, 0) is 0 Å². The van der Waals surface area contributed by atoms with Crippen LogP contribution in [0.2, 0.25) is 0 Å². The normalized spacial score (nSPS) is 10.5. The number of aromatic hydroxyl groups is 1. The highest BCUT2D eigenvalue weighted by Gasteiger charge is 2.10. The summed E-state index contributed by atoms with van der Waals surface area (Å²) >= 11 is 0. The third-order valence-corrected chi connectivity index (χ3v) is 2.16. The molecule has 1 rings (SSSR count). The second-order valence-corrected chi connectivity index (χ2v) is 3.54. The van der Waals surface area contributed by atoms with Crippen LogP contribution in [0, 0.1) is 6.92 Å². The van der Waals surface area contributed by atoms with Gasteiger partial charge in [-0.05, 0) is 30.5 Å². The van der Waals surface area contributed by atoms with Crippen molar-refractivity contribution in [2.75, 3.05) is 7.11 Å². The monoisotopic (exact) mass is 180 g/mol. The lowest BCUT2D eigenvalue weighted by atomic mass is 9.99. The number of hydrogen-bond donors (Lipinski definition) is 1. The second-order valence-electron chi connectivity index (χ2n) is 3.54. The van der Waals surface area contributed by atoms with Crippen LogP contribution in [0.15, 0.2) is 12.1 Å². The van der Waals surface area contributed by atoms with Gasteiger partial charge >= 0.3 is 0 Å². The molecule has 0 amide bonds. The van der Waals surface area contributed by atoms with Crippen molar-refractivity contribution in [1.29, 1.82) is 0 Å². The zero-order valence-electron chi connectivity index (χ0n) is 8.59. The first-order valence-corrected chi connectivity index (χ1v) is 4.43. The Hall–Kier alpha value is -1.18. The van der Waals surface area contributed by atoms with Gasteiger partial charge in [0, 0.05) is 5.56 Å². The van der Waals surface area contributed by atoms with Gasteiger partial charge in [-0.2, -0.15) is 0 Å². The number of benzene rings is 1. The summed E-state index contributed by atoms with van der Waals surface area (Å²) in [7, 11) is 1.63. The van der Waals surface area contributed by atoms with E-state index in [9.17, 15) is 5.11 Å². The summed E-state index contributed by atoms with van der Waals surface area (Å²) in [6, 6.07) is 3.72. The highest BCUT2D eigenvalue weighted by molar-refractivity contribution is 5.46. The molecule has 72 valence electrons. The molecule has 0 aliphatic rings. The Labute approximate surface area is 79.2 Å². The van der Waals surface area contributed by atoms with Gasteiger partial charge in [0.1, 0.15) is 11.5 Å². The maximum Gasteiger partial charge on any atom is 0.122 e. The highest BCUT2D eigenvalue weighted by atomic mass is 16.5. The van der Waals surface area contributed by atoms with E-state index in [0.717, 1.165) is 16.9 Å². The van der Waals surface area contributed by atoms with Gasteiger partial charge in [-0.25, -0.2) is 0 Å². The molecule has 0 unspecified atom stereocenters. The summed E-state index contributed by atoms with van der Waals surface area (Å²) in [5.41, 5.74) is 1.81. The molecule has 0 spiro atoms. The molecular weight excluding hydrogens is 164 g/mol. The standard InChI is InChI=1S/C11H16O2/c1-7(2)10-6-9(13-4)5-8(3)11(10)12/h5-7,12H,1-4H3. The molecule has 1 N–H and O–H groups in total. The van der Waals surface area contributed by atoms with E-state index in [1.54, 1.807) is 7.11 Å². The smallest absolute Gasteiger partial charge is 0.122 e. The molecular formula is C11H16O2. The maximum atomic E-state index is 9.73. The number of hydrogen-bond acceptors (Lipinski definition) is 2. The van der Waals surface area contributed by atoms with Crippen molar-refractivity contribution in [3.63, 3.8) is 0 Å². The van der Waals surface area contributed by atoms with Crippen molar-refractivity contribution in [3.05, 3.63) is 23.3 Å². The molecule has 0 heterocycles. The van der Waals surface area contributed by atoms with Crippen LogP contribution < -0.4 is 4.74 Å². The Morgan fingerprint density at radius 2 is 1.92 bits per heavy atom. The molecule has 0 fully saturated rings. The van der Waals surface area contributed by atoms with Crippen molar-refractivity contribution >= 4 is 0 Å². The van der Waals surface area contributed by atoms with Crippen LogP contribution in [0.25, 0.3) is 0 Å². The van der Waals surface area contributed by atoms with E-state index in [1.807, 2.05) is 32.9 Å². The summed E-state index contributed by atoms with van der Waals surface area (Å²) in [6.45, 7) is 5.98. The van der Waals surface area contributed by atoms with Gasteiger partial charge < -0.3 is 9.84 Å². The van der Waals surface area contributed by atoms with Crippen LogP contribution in [0.1, 0.15) is 30.9 Å². The number of methoxy groups -OCH3 is 1. The zero-order valence-corrected chi connectivity index (χ0v) is 8.59. The Morgan fingerprint density at radius 3 is 2.38 bits per heavy atom. The SMILES string of the molecule is COc1cc(C)c(O)c(C(C)C)c1. The fourth-order valence-electron chi connectivity index (χ4n) is 1.33. The summed E-state index contributed by atoms with van der Waals surface area (Å²) < 4.78 is 5.13. The van der Waals surface area contributed by atoms with Gasteiger partial charge in [-0.1, -0.05) is 13.8 Å². The maximum absolute atomic E-state index is 9.73. The number of phenols is 1. The Morgan fingerprint density at radius 1 is 1.31 bits per heavy atom. The van der Waals surface area contributed by atoms with E-state index in [-0.39, 0.29) is 0 Å². The number of aryl methyl sites for hydroxylation is 1. The predicted octanol–water partition coefficient (Wildman–Crippen LogP) is 2.83. The van der Waals surface area contributed by atoms with E-state index in [1.165, 1.54) is 0 Å². The molecule has 0 saturated carbocycles. The lowest BCUT2D eigenvalue weighted by Crippen LogP contribution is -1.93. The molecule has 0 saturated heterocycles. The van der Waals surface area contributed by atoms with Crippen molar-refractivity contribution < 1.29 is 9.84 Å². The Balaban J connectivity index is 3.25. The molecule has 0 aromatic heterocycles. The van der Waals surface area contributed by atoms with Crippen molar-refractivity contribution in [2.24, 2.45) is 0 Å². The molecule has 0 bridgehead atoms. The topological polar surface area (TPSA) is 29.5 Å². The molecule has 0 aliphatic carbocycles. The van der Waals surface area contributed by atoms with Crippen molar-refractivity contribution in [3.8, 4) is 11.5 Å². The van der Waals surface area contributed by atoms with Crippen LogP contribution in [0.3, 0.4) is 0 Å². The van der Waals surface area contributed by atoms with E-state index in [4.69, 9.17) is 4.74 Å². The summed E-state index contributed by atoms with van der Waals surface area (Å²) in [4.78, 5) is 0. The average Bonchev–Trinajstić information content (AvgIpc) is 2.09. The van der Waals surface area contributed by atoms with Crippen LogP contribution in [0.5, 0.6) is 11.5 Å². The van der Waals surface area contributed by atoms with Crippen molar-refractivity contribution in [2.45, 2.75) is 26.7 Å². The lowest BCUT2D eigenvalue weighted by molar-refractivity contribution is 0.409. The first-order valence-electron chi connectivity index (χ1n) is 4.43. The number of ether oxygens (including phenoxy) is 1. The Bertz CT molecular complexity index is 303. The predicted molar refractivity (Wildman–Crippen MR) is 53.5 cm³/mol. The van der Waals surface area contributed by atoms with Gasteiger partial charge in [-0.3, -0.25) is 0 Å². The third kappa shape index (κ3) is 1.94. The summed E-state index contributed by atoms with van der Waals surface area (Å²) in [5.74, 6) is 1.50. The number of phenolic OH excluding ortho intramolecular Hbond substituents is 1. The minimum Gasteiger partial charge on any atom is -0.507 e. The lowest BCUT2D eigenvalue weighted by Gasteiger charge is -2.12. The van der Waals surface area contributed by atoms with Gasteiger partial charge in [0.05, 0.1) is 7.11 Å². The molecule has 2 nitrogen and oxygen atoms in total. The van der Waals surface area contributed by atoms with Gasteiger partial charge in [0.2, 0.25) is 0 Å². The first-order chi connectivity index (χ1) is 6.06. The van der Waals surface area contributed by atoms with Gasteiger partial charge in [0.15, 0.2) is 0 Å². The largest absolute Gasteiger partial charge is 0.507 e. The quantitative estimate of drug-likeness (QED) is 0.758. The average molecular weight is 180 g/mol. The van der Waals surface area contributed by atoms with E-state index >= 15 is 0 Å². The fraction of sp³-hybridized carbons (Fsp3) is 0.455. The summed E-state index contributed by atoms with van der Waals surface area (Å²) in [5, 5.41) is 9.73. The van der Waals surface area contributed by atoms with E-state index in [0.29, 0.717) is 11.7 Å². The molecule has 0 aliphatic heterocycles. The second kappa shape index (κ2) is 3.69. The zero-order chi connectivity index (χ0) is 10.0. The van der Waals surface area contributed by atoms with Gasteiger partial charge in [-0.15, -0.1) is 0 Å². The highest BCUT2D eigenvalue weighted by Crippen LogP contribution is 2.32. The fourth-order valence-corrected chi connectivity index (χ4v) is 1.33. The summed E-state index contributed by atoms with van der Waals surface area (Å²) in [6.07, 6.45) is 0. The van der Waals surface area contributed by atoms with Crippen LogP contribution >= 0.6 is 0 Å². The molecule has 1 aromatic carbocycles. The van der Waals surface area contributed by atoms with Gasteiger partial charge in [0.25, 0.3) is 0 Å². The van der Waals surface area contributed by atoms with E-state index < -0.39 is 0 Å². The molecule has 0 radical (unpaired) electrons. The molecule has 1 aromatic rings.